The lowest BCUT2D eigenvalue weighted by molar-refractivity contribution is 0.0956. The number of nitrogen functional groups attached to an aromatic ring is 1. The molecule has 1 fully saturated rings. The third-order valence-electron chi connectivity index (χ3n) is 3.95. The predicted octanol–water partition coefficient (Wildman–Crippen LogP) is 2.64. The van der Waals surface area contributed by atoms with Crippen molar-refractivity contribution in [2.75, 3.05) is 30.3 Å². The third kappa shape index (κ3) is 3.24. The Morgan fingerprint density at radius 1 is 1.45 bits per heavy atom. The van der Waals surface area contributed by atoms with Crippen LogP contribution in [0.15, 0.2) is 18.2 Å². The molecule has 3 N–H and O–H groups in total. The molecular formula is C16H25N3O. The summed E-state index contributed by atoms with van der Waals surface area (Å²) in [6.45, 7) is 6.88. The summed E-state index contributed by atoms with van der Waals surface area (Å²) >= 11 is 0. The van der Waals surface area contributed by atoms with Gasteiger partial charge in [-0.2, -0.15) is 0 Å². The van der Waals surface area contributed by atoms with E-state index in [2.05, 4.69) is 17.1 Å². The summed E-state index contributed by atoms with van der Waals surface area (Å²) in [6, 6.07) is 5.56. The molecule has 1 heterocycles. The Bertz CT molecular complexity index is 473. The Kier molecular flexibility index (Phi) is 4.88. The van der Waals surface area contributed by atoms with Gasteiger partial charge in [0.15, 0.2) is 0 Å². The number of nitrogens with zero attached hydrogens (tertiary/aromatic N) is 1. The number of hydrogen-bond donors (Lipinski definition) is 2. The fraction of sp³-hybridized carbons (Fsp3) is 0.562. The van der Waals surface area contributed by atoms with Gasteiger partial charge in [-0.15, -0.1) is 0 Å². The van der Waals surface area contributed by atoms with Crippen LogP contribution >= 0.6 is 0 Å². The molecule has 4 heteroatoms. The number of anilines is 2. The highest BCUT2D eigenvalue weighted by molar-refractivity contribution is 5.96. The van der Waals surface area contributed by atoms with Crippen LogP contribution in [0.3, 0.4) is 0 Å². The van der Waals surface area contributed by atoms with Crippen molar-refractivity contribution in [1.82, 2.24) is 5.32 Å². The molecule has 0 aliphatic carbocycles. The fourth-order valence-electron chi connectivity index (χ4n) is 2.92. The van der Waals surface area contributed by atoms with Crippen molar-refractivity contribution in [2.45, 2.75) is 33.1 Å². The Morgan fingerprint density at radius 3 is 2.95 bits per heavy atom. The monoisotopic (exact) mass is 275 g/mol. The molecule has 1 unspecified atom stereocenters. The first-order chi connectivity index (χ1) is 9.65. The van der Waals surface area contributed by atoms with E-state index in [9.17, 15) is 4.79 Å². The lowest BCUT2D eigenvalue weighted by atomic mass is 10.0. The minimum absolute atomic E-state index is 0.0296. The Labute approximate surface area is 121 Å². The maximum Gasteiger partial charge on any atom is 0.251 e. The van der Waals surface area contributed by atoms with E-state index in [0.717, 1.165) is 30.4 Å². The van der Waals surface area contributed by atoms with E-state index in [1.54, 1.807) is 6.07 Å². The molecule has 4 nitrogen and oxygen atoms in total. The van der Waals surface area contributed by atoms with Gasteiger partial charge in [0.1, 0.15) is 0 Å². The van der Waals surface area contributed by atoms with Crippen molar-refractivity contribution in [3.63, 3.8) is 0 Å². The maximum absolute atomic E-state index is 11.9. The third-order valence-corrected chi connectivity index (χ3v) is 3.95. The predicted molar refractivity (Wildman–Crippen MR) is 84.1 cm³/mol. The van der Waals surface area contributed by atoms with Gasteiger partial charge < -0.3 is 16.0 Å². The minimum atomic E-state index is -0.0296. The van der Waals surface area contributed by atoms with E-state index in [0.29, 0.717) is 12.1 Å². The highest BCUT2D eigenvalue weighted by Gasteiger charge is 2.23. The molecule has 0 radical (unpaired) electrons. The van der Waals surface area contributed by atoms with E-state index in [1.165, 1.54) is 19.3 Å². The van der Waals surface area contributed by atoms with Crippen LogP contribution in [-0.2, 0) is 0 Å². The number of carbonyl (C=O) groups is 1. The number of nitrogens with one attached hydrogen (secondary N) is 1. The van der Waals surface area contributed by atoms with Crippen LogP contribution in [0, 0.1) is 5.92 Å². The number of rotatable bonds is 5. The zero-order valence-electron chi connectivity index (χ0n) is 12.5. The lowest BCUT2D eigenvalue weighted by Gasteiger charge is -2.21. The molecule has 1 atom stereocenters. The number of carbonyl (C=O) groups excluding carboxylic acids is 1. The van der Waals surface area contributed by atoms with Gasteiger partial charge in [0.2, 0.25) is 0 Å². The molecule has 0 saturated carbocycles. The first kappa shape index (κ1) is 14.7. The van der Waals surface area contributed by atoms with Gasteiger partial charge in [-0.25, -0.2) is 0 Å². The van der Waals surface area contributed by atoms with Gasteiger partial charge >= 0.3 is 0 Å². The van der Waals surface area contributed by atoms with Crippen LogP contribution < -0.4 is 16.0 Å². The molecular weight excluding hydrogens is 250 g/mol. The average molecular weight is 275 g/mol. The second-order valence-electron chi connectivity index (χ2n) is 5.52. The topological polar surface area (TPSA) is 58.4 Å². The number of benzene rings is 1. The lowest BCUT2D eigenvalue weighted by Crippen LogP contribution is -2.24. The fourth-order valence-corrected chi connectivity index (χ4v) is 2.92. The van der Waals surface area contributed by atoms with Crippen molar-refractivity contribution >= 4 is 17.3 Å². The summed E-state index contributed by atoms with van der Waals surface area (Å²) in [4.78, 5) is 14.2. The standard InChI is InChI=1S/C16H25N3O/c1-3-5-12-8-9-19(11-12)15-10-13(6-7-14(15)17)16(20)18-4-2/h6-7,10,12H,3-5,8-9,11,17H2,1-2H3,(H,18,20). The van der Waals surface area contributed by atoms with Gasteiger partial charge in [0, 0.05) is 25.2 Å². The van der Waals surface area contributed by atoms with Gasteiger partial charge in [-0.05, 0) is 43.9 Å². The summed E-state index contributed by atoms with van der Waals surface area (Å²) in [5.74, 6) is 0.727. The number of nitrogens with two attached hydrogens (primary N) is 1. The van der Waals surface area contributed by atoms with Gasteiger partial charge in [-0.1, -0.05) is 13.3 Å². The van der Waals surface area contributed by atoms with Gasteiger partial charge in [0.25, 0.3) is 5.91 Å². The summed E-state index contributed by atoms with van der Waals surface area (Å²) in [6.07, 6.45) is 3.72. The largest absolute Gasteiger partial charge is 0.397 e. The molecule has 1 saturated heterocycles. The normalized spacial score (nSPS) is 18.3. The summed E-state index contributed by atoms with van der Waals surface area (Å²) in [5.41, 5.74) is 8.55. The zero-order valence-corrected chi connectivity index (χ0v) is 12.5. The molecule has 20 heavy (non-hydrogen) atoms. The van der Waals surface area contributed by atoms with E-state index in [1.807, 2.05) is 19.1 Å². The number of amides is 1. The van der Waals surface area contributed by atoms with Crippen molar-refractivity contribution in [1.29, 1.82) is 0 Å². The first-order valence-corrected chi connectivity index (χ1v) is 7.58. The van der Waals surface area contributed by atoms with Crippen LogP contribution in [0.4, 0.5) is 11.4 Å². The second-order valence-corrected chi connectivity index (χ2v) is 5.52. The SMILES string of the molecule is CCCC1CCN(c2cc(C(=O)NCC)ccc2N)C1. The Morgan fingerprint density at radius 2 is 2.25 bits per heavy atom. The van der Waals surface area contributed by atoms with Gasteiger partial charge in [0.05, 0.1) is 11.4 Å². The smallest absolute Gasteiger partial charge is 0.251 e. The summed E-state index contributed by atoms with van der Waals surface area (Å²) < 4.78 is 0. The number of hydrogen-bond acceptors (Lipinski definition) is 3. The minimum Gasteiger partial charge on any atom is -0.397 e. The molecule has 1 aromatic carbocycles. The van der Waals surface area contributed by atoms with Crippen LogP contribution in [0.5, 0.6) is 0 Å². The highest BCUT2D eigenvalue weighted by atomic mass is 16.1. The van der Waals surface area contributed by atoms with Crippen LogP contribution in [-0.4, -0.2) is 25.5 Å². The van der Waals surface area contributed by atoms with Crippen molar-refractivity contribution in [2.24, 2.45) is 5.92 Å². The molecule has 1 aliphatic heterocycles. The van der Waals surface area contributed by atoms with Crippen molar-refractivity contribution in [3.05, 3.63) is 23.8 Å². The van der Waals surface area contributed by atoms with Gasteiger partial charge in [-0.3, -0.25) is 4.79 Å². The second kappa shape index (κ2) is 6.64. The Hall–Kier alpha value is -1.71. The molecule has 2 rings (SSSR count). The van der Waals surface area contributed by atoms with E-state index >= 15 is 0 Å². The molecule has 0 aromatic heterocycles. The van der Waals surface area contributed by atoms with Crippen LogP contribution in [0.2, 0.25) is 0 Å². The average Bonchev–Trinajstić information content (AvgIpc) is 2.88. The zero-order chi connectivity index (χ0) is 14.5. The van der Waals surface area contributed by atoms with E-state index in [4.69, 9.17) is 5.73 Å². The van der Waals surface area contributed by atoms with E-state index in [-0.39, 0.29) is 5.91 Å². The quantitative estimate of drug-likeness (QED) is 0.812. The molecule has 0 spiro atoms. The first-order valence-electron chi connectivity index (χ1n) is 7.58. The highest BCUT2D eigenvalue weighted by Crippen LogP contribution is 2.31. The maximum atomic E-state index is 11.9. The summed E-state index contributed by atoms with van der Waals surface area (Å²) in [5, 5.41) is 2.83. The van der Waals surface area contributed by atoms with Crippen molar-refractivity contribution < 1.29 is 4.79 Å². The Balaban J connectivity index is 2.15. The van der Waals surface area contributed by atoms with Crippen LogP contribution in [0.25, 0.3) is 0 Å². The van der Waals surface area contributed by atoms with Crippen molar-refractivity contribution in [3.8, 4) is 0 Å². The molecule has 1 amide bonds. The molecule has 110 valence electrons. The molecule has 0 bridgehead atoms. The van der Waals surface area contributed by atoms with Crippen LogP contribution in [0.1, 0.15) is 43.5 Å². The molecule has 1 aromatic rings. The van der Waals surface area contributed by atoms with E-state index < -0.39 is 0 Å². The summed E-state index contributed by atoms with van der Waals surface area (Å²) in [7, 11) is 0. The molecule has 1 aliphatic rings.